The largest absolute Gasteiger partial charge is 0.349 e. The molecule has 4 rings (SSSR count). The molecular weight excluding hydrogens is 272 g/mol. The van der Waals surface area contributed by atoms with Gasteiger partial charge in [-0.05, 0) is 0 Å². The highest BCUT2D eigenvalue weighted by Crippen LogP contribution is 2.41. The van der Waals surface area contributed by atoms with E-state index in [1.54, 1.807) is 0 Å². The Labute approximate surface area is 125 Å². The van der Waals surface area contributed by atoms with Crippen LogP contribution in [0.5, 0.6) is 0 Å². The van der Waals surface area contributed by atoms with Gasteiger partial charge in [0.15, 0.2) is 11.6 Å². The highest BCUT2D eigenvalue weighted by Gasteiger charge is 2.51. The average molecular weight is 298 g/mol. The zero-order valence-corrected chi connectivity index (χ0v) is 12.6. The molecule has 4 aliphatic rings. The van der Waals surface area contributed by atoms with Crippen LogP contribution in [0.3, 0.4) is 0 Å². The van der Waals surface area contributed by atoms with E-state index in [0.29, 0.717) is 26.4 Å². The number of nitrogens with one attached hydrogen (secondary N) is 2. The van der Waals surface area contributed by atoms with Gasteiger partial charge in [-0.2, -0.15) is 0 Å². The molecule has 4 saturated heterocycles. The van der Waals surface area contributed by atoms with Gasteiger partial charge < -0.3 is 29.6 Å². The second-order valence-electron chi connectivity index (χ2n) is 6.98. The van der Waals surface area contributed by atoms with Crippen molar-refractivity contribution in [2.45, 2.75) is 37.3 Å². The molecule has 0 radical (unpaired) electrons. The van der Waals surface area contributed by atoms with Crippen LogP contribution in [0.2, 0.25) is 0 Å². The first-order chi connectivity index (χ1) is 10.2. The molecule has 0 amide bonds. The SMILES string of the molecule is C1CC2(CCN1)OCC1(CO2)COC2(CCNCC2)OC1. The van der Waals surface area contributed by atoms with E-state index in [1.807, 2.05) is 0 Å². The third-order valence-electron chi connectivity index (χ3n) is 5.30. The highest BCUT2D eigenvalue weighted by molar-refractivity contribution is 4.92. The Morgan fingerprint density at radius 3 is 1.19 bits per heavy atom. The van der Waals surface area contributed by atoms with Crippen LogP contribution >= 0.6 is 0 Å². The van der Waals surface area contributed by atoms with E-state index in [2.05, 4.69) is 10.6 Å². The van der Waals surface area contributed by atoms with E-state index < -0.39 is 0 Å². The maximum Gasteiger partial charge on any atom is 0.170 e. The third kappa shape index (κ3) is 2.73. The first-order valence-electron chi connectivity index (χ1n) is 8.21. The number of piperidine rings is 2. The molecule has 0 bridgehead atoms. The highest BCUT2D eigenvalue weighted by atomic mass is 16.7. The number of hydrogen-bond acceptors (Lipinski definition) is 6. The van der Waals surface area contributed by atoms with Crippen LogP contribution in [0.1, 0.15) is 25.7 Å². The Morgan fingerprint density at radius 2 is 0.857 bits per heavy atom. The first kappa shape index (κ1) is 14.4. The molecule has 4 fully saturated rings. The van der Waals surface area contributed by atoms with Crippen molar-refractivity contribution in [2.24, 2.45) is 5.41 Å². The molecule has 21 heavy (non-hydrogen) atoms. The van der Waals surface area contributed by atoms with Crippen LogP contribution in [0.4, 0.5) is 0 Å². The van der Waals surface area contributed by atoms with E-state index in [9.17, 15) is 0 Å². The van der Waals surface area contributed by atoms with Gasteiger partial charge in [-0.15, -0.1) is 0 Å². The zero-order chi connectivity index (χ0) is 14.2. The molecule has 0 aliphatic carbocycles. The molecule has 3 spiro atoms. The molecule has 4 heterocycles. The molecule has 0 aromatic rings. The lowest BCUT2D eigenvalue weighted by molar-refractivity contribution is -0.374. The molecule has 6 heteroatoms. The lowest BCUT2D eigenvalue weighted by Crippen LogP contribution is -2.61. The minimum absolute atomic E-state index is 0.119. The summed E-state index contributed by atoms with van der Waals surface area (Å²) in [5.74, 6) is -0.721. The summed E-state index contributed by atoms with van der Waals surface area (Å²) < 4.78 is 24.6. The molecule has 0 aromatic carbocycles. The maximum absolute atomic E-state index is 6.14. The van der Waals surface area contributed by atoms with Crippen LogP contribution in [-0.4, -0.2) is 64.2 Å². The Morgan fingerprint density at radius 1 is 0.524 bits per heavy atom. The zero-order valence-electron chi connectivity index (χ0n) is 12.6. The van der Waals surface area contributed by atoms with E-state index in [4.69, 9.17) is 18.9 Å². The quantitative estimate of drug-likeness (QED) is 0.667. The standard InChI is InChI=1S/C15H26N2O4/c1-5-16-6-2-14(1)18-9-13(10-19-14)11-20-15(21-12-13)3-7-17-8-4-15/h16-17H,1-12H2. The number of rotatable bonds is 0. The summed E-state index contributed by atoms with van der Waals surface area (Å²) in [5.41, 5.74) is -0.119. The number of ether oxygens (including phenoxy) is 4. The van der Waals surface area contributed by atoms with Crippen molar-refractivity contribution in [3.05, 3.63) is 0 Å². The maximum atomic E-state index is 6.14. The van der Waals surface area contributed by atoms with Crippen LogP contribution in [0.15, 0.2) is 0 Å². The molecule has 0 unspecified atom stereocenters. The van der Waals surface area contributed by atoms with E-state index in [1.165, 1.54) is 0 Å². The summed E-state index contributed by atoms with van der Waals surface area (Å²) in [5, 5.41) is 6.70. The van der Waals surface area contributed by atoms with Crippen molar-refractivity contribution >= 4 is 0 Å². The minimum atomic E-state index is -0.361. The van der Waals surface area contributed by atoms with Crippen LogP contribution < -0.4 is 10.6 Å². The van der Waals surface area contributed by atoms with Crippen molar-refractivity contribution in [1.82, 2.24) is 10.6 Å². The summed E-state index contributed by atoms with van der Waals surface area (Å²) in [4.78, 5) is 0. The Hall–Kier alpha value is -0.240. The summed E-state index contributed by atoms with van der Waals surface area (Å²) in [6, 6.07) is 0. The Balaban J connectivity index is 1.35. The van der Waals surface area contributed by atoms with Gasteiger partial charge in [0.2, 0.25) is 0 Å². The predicted molar refractivity (Wildman–Crippen MR) is 75.9 cm³/mol. The third-order valence-corrected chi connectivity index (χ3v) is 5.30. The van der Waals surface area contributed by atoms with Gasteiger partial charge in [0.25, 0.3) is 0 Å². The minimum Gasteiger partial charge on any atom is -0.349 e. The molecule has 6 nitrogen and oxygen atoms in total. The molecule has 120 valence electrons. The Kier molecular flexibility index (Phi) is 3.72. The summed E-state index contributed by atoms with van der Waals surface area (Å²) >= 11 is 0. The van der Waals surface area contributed by atoms with Gasteiger partial charge in [0, 0.05) is 51.9 Å². The molecule has 0 aromatic heterocycles. The van der Waals surface area contributed by atoms with Crippen molar-refractivity contribution < 1.29 is 18.9 Å². The van der Waals surface area contributed by atoms with Gasteiger partial charge in [0.05, 0.1) is 31.8 Å². The topological polar surface area (TPSA) is 61.0 Å². The molecular formula is C15H26N2O4. The van der Waals surface area contributed by atoms with E-state index in [0.717, 1.165) is 51.9 Å². The van der Waals surface area contributed by atoms with Gasteiger partial charge in [-0.3, -0.25) is 0 Å². The smallest absolute Gasteiger partial charge is 0.170 e. The lowest BCUT2D eigenvalue weighted by Gasteiger charge is -2.52. The molecule has 0 atom stereocenters. The summed E-state index contributed by atoms with van der Waals surface area (Å²) in [7, 11) is 0. The summed E-state index contributed by atoms with van der Waals surface area (Å²) in [6.07, 6.45) is 3.72. The molecule has 0 saturated carbocycles. The lowest BCUT2D eigenvalue weighted by atomic mass is 9.87. The van der Waals surface area contributed by atoms with Crippen molar-refractivity contribution in [3.8, 4) is 0 Å². The van der Waals surface area contributed by atoms with Gasteiger partial charge in [0.1, 0.15) is 0 Å². The Bertz CT molecular complexity index is 318. The van der Waals surface area contributed by atoms with Crippen molar-refractivity contribution in [2.75, 3.05) is 52.6 Å². The fraction of sp³-hybridized carbons (Fsp3) is 1.00. The molecule has 2 N–H and O–H groups in total. The average Bonchev–Trinajstić information content (AvgIpc) is 2.56. The van der Waals surface area contributed by atoms with Crippen molar-refractivity contribution in [3.63, 3.8) is 0 Å². The van der Waals surface area contributed by atoms with Gasteiger partial charge in [-0.1, -0.05) is 0 Å². The first-order valence-corrected chi connectivity index (χ1v) is 8.21. The monoisotopic (exact) mass is 298 g/mol. The van der Waals surface area contributed by atoms with Crippen LogP contribution in [-0.2, 0) is 18.9 Å². The van der Waals surface area contributed by atoms with Gasteiger partial charge in [-0.25, -0.2) is 0 Å². The van der Waals surface area contributed by atoms with Crippen LogP contribution in [0.25, 0.3) is 0 Å². The fourth-order valence-electron chi connectivity index (χ4n) is 3.66. The van der Waals surface area contributed by atoms with Crippen molar-refractivity contribution in [1.29, 1.82) is 0 Å². The normalized spacial score (nSPS) is 34.3. The fourth-order valence-corrected chi connectivity index (χ4v) is 3.66. The second kappa shape index (κ2) is 5.44. The number of hydrogen-bond donors (Lipinski definition) is 2. The molecule has 4 aliphatic heterocycles. The predicted octanol–water partition coefficient (Wildman–Crippen LogP) is 0.226. The van der Waals surface area contributed by atoms with E-state index in [-0.39, 0.29) is 17.0 Å². The summed E-state index contributed by atoms with van der Waals surface area (Å²) in [6.45, 7) is 6.60. The second-order valence-corrected chi connectivity index (χ2v) is 6.98. The van der Waals surface area contributed by atoms with Crippen LogP contribution in [0, 0.1) is 5.41 Å². The van der Waals surface area contributed by atoms with E-state index >= 15 is 0 Å². The van der Waals surface area contributed by atoms with Gasteiger partial charge >= 0.3 is 0 Å².